The third-order valence-electron chi connectivity index (χ3n) is 19.3. The molecule has 3 aliphatic heterocycles. The van der Waals surface area contributed by atoms with Crippen LogP contribution in [0.1, 0.15) is 134 Å². The molecule has 98 heavy (non-hydrogen) atoms. The number of anilines is 2. The van der Waals surface area contributed by atoms with Crippen LogP contribution in [0.4, 0.5) is 15.7 Å². The molecular formula is C69H81N9O18S2. The highest BCUT2D eigenvalue weighted by atomic mass is 32.2. The number of hydrogen-bond donors (Lipinski definition) is 8. The van der Waals surface area contributed by atoms with Crippen molar-refractivity contribution in [1.82, 2.24) is 25.1 Å². The second-order valence-corrected chi connectivity index (χ2v) is 30.0. The number of pyridine rings is 1. The smallest absolute Gasteiger partial charge is 0.410 e. The average molecular weight is 1390 g/mol. The van der Waals surface area contributed by atoms with E-state index in [2.05, 4.69) is 29.5 Å². The minimum Gasteiger partial charge on any atom is -0.479 e. The van der Waals surface area contributed by atoms with E-state index in [0.29, 0.717) is 97.9 Å². The molecule has 1 saturated heterocycles. The maximum atomic E-state index is 14.2. The number of nitrogens with two attached hydrogens (primary N) is 1. The summed E-state index contributed by atoms with van der Waals surface area (Å²) in [4.78, 5) is 108. The summed E-state index contributed by atoms with van der Waals surface area (Å²) in [6, 6.07) is 21.6. The van der Waals surface area contributed by atoms with Crippen LogP contribution in [-0.4, -0.2) is 182 Å². The Morgan fingerprint density at radius 1 is 0.908 bits per heavy atom. The first-order valence-electron chi connectivity index (χ1n) is 32.7. The molecule has 2 unspecified atom stereocenters. The molecule has 522 valence electrons. The summed E-state index contributed by atoms with van der Waals surface area (Å²) >= 11 is 1.38. The lowest BCUT2D eigenvalue weighted by molar-refractivity contribution is -0.242. The molecule has 5 fully saturated rings. The summed E-state index contributed by atoms with van der Waals surface area (Å²) in [5.74, 6) is -4.68. The molecule has 4 aliphatic carbocycles. The van der Waals surface area contributed by atoms with E-state index < -0.39 is 95.5 Å². The zero-order chi connectivity index (χ0) is 69.9. The summed E-state index contributed by atoms with van der Waals surface area (Å²) in [7, 11) is -4.58. The number of fused-ring (bicyclic) bond motifs is 2. The predicted octanol–water partition coefficient (Wildman–Crippen LogP) is 6.68. The molecule has 0 spiro atoms. The van der Waals surface area contributed by atoms with Gasteiger partial charge in [-0.25, -0.2) is 24.4 Å². The molecule has 0 radical (unpaired) electrons. The van der Waals surface area contributed by atoms with E-state index in [1.165, 1.54) is 17.5 Å². The summed E-state index contributed by atoms with van der Waals surface area (Å²) in [5, 5.41) is 48.2. The number of aliphatic hydroxyl groups is 2. The lowest BCUT2D eigenvalue weighted by atomic mass is 9.39. The first-order chi connectivity index (χ1) is 46.6. The van der Waals surface area contributed by atoms with Crippen molar-refractivity contribution in [2.24, 2.45) is 27.0 Å². The van der Waals surface area contributed by atoms with E-state index in [1.54, 1.807) is 43.3 Å². The molecule has 7 aliphatic rings. The largest absolute Gasteiger partial charge is 0.479 e. The topological polar surface area (TPSA) is 390 Å². The Kier molecular flexibility index (Phi) is 20.9. The number of aromatic nitrogens is 2. The molecule has 3 aromatic carbocycles. The van der Waals surface area contributed by atoms with Crippen molar-refractivity contribution in [3.05, 3.63) is 130 Å². The van der Waals surface area contributed by atoms with Crippen molar-refractivity contribution in [2.45, 2.75) is 141 Å². The number of amides is 5. The van der Waals surface area contributed by atoms with Crippen molar-refractivity contribution in [1.29, 1.82) is 0 Å². The van der Waals surface area contributed by atoms with Crippen LogP contribution in [0, 0.1) is 16.2 Å². The number of carbonyl (C=O) groups is 7. The van der Waals surface area contributed by atoms with Gasteiger partial charge in [-0.15, -0.1) is 0 Å². The number of carboxylic acid groups (broad SMARTS) is 2. The summed E-state index contributed by atoms with van der Waals surface area (Å²) in [5.41, 5.74) is 9.91. The van der Waals surface area contributed by atoms with E-state index in [4.69, 9.17) is 34.7 Å². The molecule has 4 bridgehead atoms. The molecule has 29 heteroatoms. The number of aliphatic carboxylic acids is 1. The lowest BCUT2D eigenvalue weighted by Crippen LogP contribution is -2.64. The van der Waals surface area contributed by atoms with Crippen LogP contribution in [0.15, 0.2) is 96.1 Å². The van der Waals surface area contributed by atoms with Crippen LogP contribution < -0.4 is 26.0 Å². The van der Waals surface area contributed by atoms with Gasteiger partial charge in [-0.05, 0) is 140 Å². The number of aliphatic hydroxyl groups excluding tert-OH is 2. The predicted molar refractivity (Wildman–Crippen MR) is 360 cm³/mol. The van der Waals surface area contributed by atoms with Crippen LogP contribution in [0.3, 0.4) is 0 Å². The molecule has 5 amide bonds. The maximum Gasteiger partial charge on any atom is 0.410 e. The fraction of sp³-hybridized carbons (Fsp3) is 0.478. The number of nitrogens with zero attached hydrogens (tertiary/aromatic N) is 6. The van der Waals surface area contributed by atoms with Crippen LogP contribution >= 0.6 is 11.3 Å². The molecule has 4 saturated carbocycles. The first-order valence-corrected chi connectivity index (χ1v) is 35.1. The van der Waals surface area contributed by atoms with Crippen LogP contribution in [0.5, 0.6) is 5.75 Å². The number of benzene rings is 3. The summed E-state index contributed by atoms with van der Waals surface area (Å²) < 4.78 is 59.6. The van der Waals surface area contributed by atoms with Gasteiger partial charge in [-0.1, -0.05) is 61.6 Å². The number of allylic oxidation sites excluding steroid dienone is 1. The molecule has 5 heterocycles. The number of imide groups is 1. The van der Waals surface area contributed by atoms with Gasteiger partial charge in [-0.3, -0.25) is 38.9 Å². The van der Waals surface area contributed by atoms with Crippen LogP contribution in [-0.2, 0) is 69.5 Å². The highest BCUT2D eigenvalue weighted by Gasteiger charge is 2.66. The number of thiazole rings is 1. The van der Waals surface area contributed by atoms with Crippen molar-refractivity contribution < 1.29 is 85.9 Å². The molecule has 5 aromatic rings. The van der Waals surface area contributed by atoms with E-state index >= 15 is 0 Å². The number of carbonyl (C=O) groups excluding carboxylic acids is 5. The van der Waals surface area contributed by atoms with Crippen molar-refractivity contribution in [2.75, 3.05) is 61.8 Å². The fourth-order valence-corrected chi connectivity index (χ4v) is 17.3. The number of ether oxygens (including phenoxy) is 4. The Morgan fingerprint density at radius 3 is 2.38 bits per heavy atom. The van der Waals surface area contributed by atoms with Gasteiger partial charge in [0.25, 0.3) is 27.8 Å². The molecule has 2 aromatic heterocycles. The van der Waals surface area contributed by atoms with Crippen LogP contribution in [0.2, 0.25) is 0 Å². The number of carboxylic acids is 2. The Hall–Kier alpha value is -8.71. The van der Waals surface area contributed by atoms with E-state index in [0.717, 1.165) is 62.6 Å². The van der Waals surface area contributed by atoms with Crippen LogP contribution in [0.25, 0.3) is 15.8 Å². The van der Waals surface area contributed by atoms with Gasteiger partial charge in [0.15, 0.2) is 16.9 Å². The number of hydrogen-bond acceptors (Lipinski definition) is 21. The van der Waals surface area contributed by atoms with Crippen molar-refractivity contribution in [3.63, 3.8) is 0 Å². The maximum absolute atomic E-state index is 14.2. The second-order valence-electron chi connectivity index (χ2n) is 27.4. The minimum absolute atomic E-state index is 0.00449. The Morgan fingerprint density at radius 2 is 1.66 bits per heavy atom. The first kappa shape index (κ1) is 70.6. The standard InChI is InChI=1S/C69H81N9O18S2/c1-41(47(31-70)45-16-17-54(74-58(45)62(87)88)77-23-20-43-10-8-11-46(48(43)32-77)60(84)75-64-73-49-12-4-5-13-53(49)97-64)72-40-68-35-66(2)34-67(3,36-68)38-69(37-66,39-68)94-27-25-76(26-28-98(90,91)92)65(89)93-33-44-15-14-42(29-51(44)95-63-59(83)50(79)30-52(96-63)61(85)86)9-6-7-22-71-55(80)21-24-78-56(81)18-19-57(78)82/h4-5,8,10-19,29,31,50,52,59,63,79,83H,6-7,9,20-28,30,32-40,70H2,1-3H3,(H,71,80)(H,85,86)(H,87,88)(H,73,75,84)(H,90,91,92)/t50-,52-,59+,63+,66?,67?,68?,69?/m0/s1. The number of nitrogens with one attached hydrogen (secondary N) is 2. The second kappa shape index (κ2) is 29.0. The molecular weight excluding hydrogens is 1310 g/mol. The van der Waals surface area contributed by atoms with Gasteiger partial charge in [-0.2, -0.15) is 8.42 Å². The number of rotatable bonds is 28. The number of para-hydroxylation sites is 1. The van der Waals surface area contributed by atoms with Crippen molar-refractivity contribution in [3.8, 4) is 5.75 Å². The highest BCUT2D eigenvalue weighted by molar-refractivity contribution is 7.85. The molecule has 27 nitrogen and oxygen atoms in total. The van der Waals surface area contributed by atoms with E-state index in [1.807, 2.05) is 41.3 Å². The fourth-order valence-electron chi connectivity index (χ4n) is 16.0. The Balaban J connectivity index is 0.741. The number of aromatic carboxylic acids is 1. The number of aryl methyl sites for hydroxylation is 1. The summed E-state index contributed by atoms with van der Waals surface area (Å²) in [6.45, 7) is 6.53. The molecule has 12 rings (SSSR count). The quantitative estimate of drug-likeness (QED) is 0.0112. The van der Waals surface area contributed by atoms with E-state index in [-0.39, 0.29) is 83.3 Å². The average Bonchev–Trinajstić information content (AvgIpc) is 0.779. The van der Waals surface area contributed by atoms with E-state index in [9.17, 15) is 67.0 Å². The SMILES string of the molecule is CC(=NCC12CC3(C)CC(C)(C1)CC(OCCN(CCS(=O)(=O)O)C(=O)OCc1ccc(CCCCNC(=O)CCN4C(=O)C=CC4=O)cc1O[C@@H]1O[C@H](C(=O)O)C[C@H](O)[C@H]1O)(C3)C2)C(=CN)c1ccc(N2CCc3cccc(C(=O)Nc4nc5ccccc5s4)c3C2)nc1C(=O)O. The van der Waals surface area contributed by atoms with Gasteiger partial charge in [0, 0.05) is 105 Å². The lowest BCUT2D eigenvalue weighted by Gasteiger charge is -2.69. The summed E-state index contributed by atoms with van der Waals surface area (Å²) in [6.07, 6.45) is 2.43. The normalized spacial score (nSPS) is 25.2. The number of unbranched alkanes of at least 4 members (excludes halogenated alkanes) is 1. The van der Waals surface area contributed by atoms with Gasteiger partial charge in [0.05, 0.1) is 34.3 Å². The third-order valence-corrected chi connectivity index (χ3v) is 21.0. The Bertz CT molecular complexity index is 4090. The van der Waals surface area contributed by atoms with Gasteiger partial charge >= 0.3 is 18.0 Å². The zero-order valence-corrected chi connectivity index (χ0v) is 56.3. The Labute approximate surface area is 569 Å². The van der Waals surface area contributed by atoms with Gasteiger partial charge < -0.3 is 60.2 Å². The number of aliphatic imine (C=N–C) groups is 1. The van der Waals surface area contributed by atoms with Gasteiger partial charge in [0.1, 0.15) is 24.3 Å². The minimum atomic E-state index is -4.58. The third kappa shape index (κ3) is 16.4. The molecule has 9 N–H and O–H groups in total. The van der Waals surface area contributed by atoms with Crippen molar-refractivity contribution >= 4 is 95.6 Å². The highest BCUT2D eigenvalue weighted by Crippen LogP contribution is 2.71. The monoisotopic (exact) mass is 1390 g/mol. The molecule has 6 atom stereocenters. The van der Waals surface area contributed by atoms with Gasteiger partial charge in [0.2, 0.25) is 12.2 Å². The zero-order valence-electron chi connectivity index (χ0n) is 54.6.